The minimum atomic E-state index is -3.12. The number of hydrogen-bond donors (Lipinski definition) is 3. The predicted molar refractivity (Wildman–Crippen MR) is 180 cm³/mol. The molecule has 1 aliphatic heterocycles. The van der Waals surface area contributed by atoms with Gasteiger partial charge in [0.25, 0.3) is 11.8 Å². The third-order valence-corrected chi connectivity index (χ3v) is 9.86. The van der Waals surface area contributed by atoms with Crippen molar-refractivity contribution in [3.8, 4) is 11.8 Å². The lowest BCUT2D eigenvalue weighted by molar-refractivity contribution is -0.143. The van der Waals surface area contributed by atoms with Crippen molar-refractivity contribution >= 4 is 38.5 Å². The average Bonchev–Trinajstić information content (AvgIpc) is 3.42. The van der Waals surface area contributed by atoms with Crippen molar-refractivity contribution < 1.29 is 23.7 Å². The van der Waals surface area contributed by atoms with Crippen LogP contribution < -0.4 is 10.0 Å². The number of aryl methyl sites for hydroxylation is 2. The summed E-state index contributed by atoms with van der Waals surface area (Å²) < 4.78 is 18.5. The van der Waals surface area contributed by atoms with Crippen LogP contribution in [0.25, 0.3) is 0 Å². The van der Waals surface area contributed by atoms with E-state index in [1.807, 2.05) is 13.0 Å². The quantitative estimate of drug-likeness (QED) is 0.183. The number of aliphatic carboxylic acids is 1. The van der Waals surface area contributed by atoms with Gasteiger partial charge in [0.2, 0.25) is 0 Å². The summed E-state index contributed by atoms with van der Waals surface area (Å²) in [5, 5.41) is 18.1. The van der Waals surface area contributed by atoms with Gasteiger partial charge in [0.1, 0.15) is 5.69 Å². The smallest absolute Gasteiger partial charge is 0.307 e. The molecule has 1 aliphatic rings. The van der Waals surface area contributed by atoms with Gasteiger partial charge in [-0.3, -0.25) is 28.8 Å². The van der Waals surface area contributed by atoms with Gasteiger partial charge in [0, 0.05) is 54.2 Å². The number of aromatic nitrogens is 3. The van der Waals surface area contributed by atoms with Gasteiger partial charge in [0.15, 0.2) is 0 Å². The Morgan fingerprint density at radius 3 is 2.55 bits per heavy atom. The van der Waals surface area contributed by atoms with Gasteiger partial charge in [-0.05, 0) is 80.6 Å². The fraction of sp³-hybridized carbons (Fsp3) is 0.257. The molecule has 2 unspecified atom stereocenters. The first-order valence-electron chi connectivity index (χ1n) is 15.2. The Bertz CT molecular complexity index is 1970. The van der Waals surface area contributed by atoms with Crippen LogP contribution in [0.2, 0.25) is 0 Å². The number of pyridine rings is 1. The molecule has 242 valence electrons. The van der Waals surface area contributed by atoms with E-state index >= 15 is 0 Å². The molecule has 1 saturated heterocycles. The maximum absolute atomic E-state index is 14.2. The molecular formula is C35H36N6O5S. The molecular weight excluding hydrogens is 616 g/mol. The van der Waals surface area contributed by atoms with E-state index in [0.717, 1.165) is 18.7 Å². The van der Waals surface area contributed by atoms with E-state index in [-0.39, 0.29) is 11.5 Å². The topological polar surface area (TPSA) is 147 Å². The summed E-state index contributed by atoms with van der Waals surface area (Å²) in [5.74, 6) is 4.00. The summed E-state index contributed by atoms with van der Waals surface area (Å²) in [7, 11) is -1.41. The standard InChI is InChI=1S/C35H36N6O5S/c1-25-19-32(40(2)38-25)34(43)37-30-11-6-9-26(21-30)14-15-27-20-29(23-36-22-27)33(42)39-47(46,31-12-4-3-5-13-31)18-8-17-41-16-7-10-28(24-41)35(44)45/h3-6,9,11-13,18-23,28H,7-8,10,16-17,24H2,1-2H3,(H,37,43)(H,44,45)(H,39,42,46). The number of carbonyl (C=O) groups is 3. The summed E-state index contributed by atoms with van der Waals surface area (Å²) in [5.41, 5.74) is 3.06. The monoisotopic (exact) mass is 652 g/mol. The summed E-state index contributed by atoms with van der Waals surface area (Å²) in [6, 6.07) is 19.1. The van der Waals surface area contributed by atoms with Crippen LogP contribution in [0.5, 0.6) is 0 Å². The number of hydrogen-bond acceptors (Lipinski definition) is 7. The van der Waals surface area contributed by atoms with Gasteiger partial charge in [0.05, 0.1) is 26.9 Å². The molecule has 0 bridgehead atoms. The number of nitrogens with zero attached hydrogens (tertiary/aromatic N) is 4. The van der Waals surface area contributed by atoms with Crippen LogP contribution in [0.4, 0.5) is 5.69 Å². The molecule has 1 fully saturated rings. The zero-order valence-electron chi connectivity index (χ0n) is 26.2. The van der Waals surface area contributed by atoms with Crippen LogP contribution in [0.1, 0.15) is 56.9 Å². The van der Waals surface area contributed by atoms with E-state index in [2.05, 4.69) is 36.9 Å². The van der Waals surface area contributed by atoms with Crippen molar-refractivity contribution in [3.63, 3.8) is 0 Å². The lowest BCUT2D eigenvalue weighted by Gasteiger charge is -2.30. The number of rotatable bonds is 9. The van der Waals surface area contributed by atoms with Crippen LogP contribution in [-0.4, -0.2) is 71.8 Å². The molecule has 11 nitrogen and oxygen atoms in total. The first-order chi connectivity index (χ1) is 22.6. The molecule has 47 heavy (non-hydrogen) atoms. The zero-order chi connectivity index (χ0) is 33.4. The molecule has 0 spiro atoms. The number of carboxylic acids is 1. The van der Waals surface area contributed by atoms with E-state index in [4.69, 9.17) is 0 Å². The zero-order valence-corrected chi connectivity index (χ0v) is 27.0. The Balaban J connectivity index is 1.29. The second kappa shape index (κ2) is 14.9. The highest BCUT2D eigenvalue weighted by atomic mass is 32.2. The normalized spacial score (nSPS) is 15.8. The maximum Gasteiger partial charge on any atom is 0.307 e. The minimum Gasteiger partial charge on any atom is -0.481 e. The van der Waals surface area contributed by atoms with E-state index in [9.17, 15) is 23.7 Å². The predicted octanol–water partition coefficient (Wildman–Crippen LogP) is 3.75. The van der Waals surface area contributed by atoms with Crippen molar-refractivity contribution in [2.75, 3.05) is 25.0 Å². The molecule has 5 rings (SSSR count). The molecule has 0 radical (unpaired) electrons. The first-order valence-corrected chi connectivity index (χ1v) is 16.8. The second-order valence-electron chi connectivity index (χ2n) is 11.3. The molecule has 2 aromatic carbocycles. The molecule has 12 heteroatoms. The SMILES string of the molecule is Cc1cc(C(=O)Nc2cccc(C#Cc3cncc(C(=O)NS(=O)(=CCCN4CCCC(C(=O)O)C4)c4ccccc4)c3)c2)n(C)n1. The molecule has 3 heterocycles. The Hall–Kier alpha value is -5.25. The van der Waals surface area contributed by atoms with Crippen LogP contribution >= 0.6 is 0 Å². The third-order valence-electron chi connectivity index (χ3n) is 7.70. The van der Waals surface area contributed by atoms with Crippen LogP contribution in [0.15, 0.2) is 84.0 Å². The van der Waals surface area contributed by atoms with E-state index in [1.165, 1.54) is 17.1 Å². The van der Waals surface area contributed by atoms with Crippen molar-refractivity contribution in [3.05, 3.63) is 107 Å². The number of likely N-dealkylation sites (tertiary alicyclic amines) is 1. The van der Waals surface area contributed by atoms with Crippen molar-refractivity contribution in [1.29, 1.82) is 0 Å². The number of anilines is 1. The fourth-order valence-electron chi connectivity index (χ4n) is 5.35. The molecule has 0 saturated carbocycles. The molecule has 2 atom stereocenters. The van der Waals surface area contributed by atoms with Crippen LogP contribution in [-0.2, 0) is 21.5 Å². The number of benzene rings is 2. The van der Waals surface area contributed by atoms with E-state index in [0.29, 0.717) is 53.3 Å². The van der Waals surface area contributed by atoms with Gasteiger partial charge < -0.3 is 15.3 Å². The Morgan fingerprint density at radius 1 is 1.02 bits per heavy atom. The molecule has 2 aromatic heterocycles. The summed E-state index contributed by atoms with van der Waals surface area (Å²) in [6.45, 7) is 3.58. The highest BCUT2D eigenvalue weighted by Gasteiger charge is 2.25. The van der Waals surface area contributed by atoms with Gasteiger partial charge in [-0.25, -0.2) is 4.21 Å². The molecule has 0 aliphatic carbocycles. The van der Waals surface area contributed by atoms with Crippen LogP contribution in [0.3, 0.4) is 0 Å². The summed E-state index contributed by atoms with van der Waals surface area (Å²) in [6.07, 6.45) is 4.76. The minimum absolute atomic E-state index is 0.196. The number of nitrogens with one attached hydrogen (secondary N) is 2. The molecule has 2 amide bonds. The average molecular weight is 653 g/mol. The Morgan fingerprint density at radius 2 is 1.81 bits per heavy atom. The second-order valence-corrected chi connectivity index (χ2v) is 13.5. The Labute approximate surface area is 274 Å². The first kappa shape index (κ1) is 33.1. The fourth-order valence-corrected chi connectivity index (χ4v) is 7.13. The highest BCUT2D eigenvalue weighted by Crippen LogP contribution is 2.18. The Kier molecular flexibility index (Phi) is 10.5. The number of carbonyl (C=O) groups excluding carboxylic acids is 2. The third kappa shape index (κ3) is 8.72. The van der Waals surface area contributed by atoms with Gasteiger partial charge in [-0.15, -0.1) is 0 Å². The summed E-state index contributed by atoms with van der Waals surface area (Å²) >= 11 is 0. The number of piperidine rings is 1. The number of carboxylic acid groups (broad SMARTS) is 1. The summed E-state index contributed by atoms with van der Waals surface area (Å²) in [4.78, 5) is 44.3. The van der Waals surface area contributed by atoms with Crippen molar-refractivity contribution in [2.45, 2.75) is 31.1 Å². The van der Waals surface area contributed by atoms with E-state index < -0.39 is 27.5 Å². The van der Waals surface area contributed by atoms with Gasteiger partial charge >= 0.3 is 5.97 Å². The van der Waals surface area contributed by atoms with Gasteiger partial charge in [-0.1, -0.05) is 36.1 Å². The lowest BCUT2D eigenvalue weighted by Crippen LogP contribution is -2.39. The van der Waals surface area contributed by atoms with E-state index in [1.54, 1.807) is 73.1 Å². The van der Waals surface area contributed by atoms with Crippen molar-refractivity contribution in [2.24, 2.45) is 13.0 Å². The maximum atomic E-state index is 14.2. The molecule has 3 N–H and O–H groups in total. The lowest BCUT2D eigenvalue weighted by atomic mass is 9.98. The van der Waals surface area contributed by atoms with Crippen LogP contribution in [0, 0.1) is 24.7 Å². The highest BCUT2D eigenvalue weighted by molar-refractivity contribution is 8.00. The number of amides is 2. The van der Waals surface area contributed by atoms with Crippen molar-refractivity contribution in [1.82, 2.24) is 24.4 Å². The van der Waals surface area contributed by atoms with Gasteiger partial charge in [-0.2, -0.15) is 5.10 Å². The molecule has 4 aromatic rings. The largest absolute Gasteiger partial charge is 0.481 e.